The maximum atomic E-state index is 12.8. The molecule has 1 amide bonds. The van der Waals surface area contributed by atoms with Crippen molar-refractivity contribution in [3.63, 3.8) is 0 Å². The Hall–Kier alpha value is -3.00. The molecule has 7 nitrogen and oxygen atoms in total. The normalized spacial score (nSPS) is 14.9. The van der Waals surface area contributed by atoms with Crippen molar-refractivity contribution in [3.05, 3.63) is 53.9 Å². The number of fused-ring (bicyclic) bond motifs is 3. The molecular formula is C23H25N5O2S. The van der Waals surface area contributed by atoms with Crippen LogP contribution in [0.1, 0.15) is 51.0 Å². The van der Waals surface area contributed by atoms with Gasteiger partial charge in [-0.05, 0) is 36.6 Å². The van der Waals surface area contributed by atoms with E-state index in [1.807, 2.05) is 30.3 Å². The fourth-order valence-electron chi connectivity index (χ4n) is 3.48. The van der Waals surface area contributed by atoms with Crippen molar-refractivity contribution < 1.29 is 9.53 Å². The van der Waals surface area contributed by atoms with Gasteiger partial charge in [-0.25, -0.2) is 0 Å². The number of aromatic nitrogens is 4. The molecular weight excluding hydrogens is 410 g/mol. The number of pyridine rings is 1. The van der Waals surface area contributed by atoms with E-state index in [2.05, 4.69) is 34.0 Å². The number of anilines is 1. The van der Waals surface area contributed by atoms with Gasteiger partial charge in [-0.1, -0.05) is 44.2 Å². The zero-order chi connectivity index (χ0) is 21.8. The summed E-state index contributed by atoms with van der Waals surface area (Å²) in [5, 5.41) is 9.39. The van der Waals surface area contributed by atoms with Crippen LogP contribution in [-0.4, -0.2) is 31.8 Å². The van der Waals surface area contributed by atoms with Crippen LogP contribution in [0.25, 0.3) is 11.3 Å². The Kier molecular flexibility index (Phi) is 6.46. The number of unbranched alkanes of at least 4 members (excludes halogenated alkanes) is 1. The average Bonchev–Trinajstić information content (AvgIpc) is 2.93. The Bertz CT molecular complexity index is 1080. The molecule has 1 atom stereocenters. The molecule has 0 fully saturated rings. The van der Waals surface area contributed by atoms with Crippen molar-refractivity contribution in [1.82, 2.24) is 20.2 Å². The van der Waals surface area contributed by atoms with Crippen LogP contribution >= 0.6 is 11.8 Å². The van der Waals surface area contributed by atoms with Crippen molar-refractivity contribution in [2.45, 2.75) is 51.4 Å². The predicted octanol–water partition coefficient (Wildman–Crippen LogP) is 4.83. The van der Waals surface area contributed by atoms with Crippen molar-refractivity contribution in [1.29, 1.82) is 0 Å². The van der Waals surface area contributed by atoms with Crippen LogP contribution < -0.4 is 9.64 Å². The molecule has 31 heavy (non-hydrogen) atoms. The molecule has 0 saturated carbocycles. The van der Waals surface area contributed by atoms with E-state index in [1.54, 1.807) is 29.1 Å². The number of nitrogens with zero attached hydrogens (tertiary/aromatic N) is 5. The molecule has 2 aromatic heterocycles. The highest BCUT2D eigenvalue weighted by Crippen LogP contribution is 2.43. The van der Waals surface area contributed by atoms with Crippen LogP contribution in [0.5, 0.6) is 5.88 Å². The van der Waals surface area contributed by atoms with E-state index in [-0.39, 0.29) is 5.91 Å². The van der Waals surface area contributed by atoms with Crippen molar-refractivity contribution in [2.75, 3.05) is 10.7 Å². The molecule has 3 heterocycles. The number of carbonyl (C=O) groups excluding carboxylic acids is 1. The molecule has 1 aliphatic rings. The molecule has 0 spiro atoms. The summed E-state index contributed by atoms with van der Waals surface area (Å²) in [5.41, 5.74) is 3.95. The van der Waals surface area contributed by atoms with Crippen LogP contribution in [0.3, 0.4) is 0 Å². The largest absolute Gasteiger partial charge is 0.447 e. The second-order valence-electron chi connectivity index (χ2n) is 7.30. The highest BCUT2D eigenvalue weighted by Gasteiger charge is 2.34. The number of carbonyl (C=O) groups is 1. The standard InChI is InChI=1S/C23H25N5O2S/c1-4-6-12-31-23-25-21-20(26-27-23)18-13-16(5-2)9-10-19(18)28(15(3)29)22(30-21)17-8-7-11-24-14-17/h7-11,13-14,22H,4-6,12H2,1-3H3/t22-/m1/s1. The maximum Gasteiger partial charge on any atom is 0.247 e. The summed E-state index contributed by atoms with van der Waals surface area (Å²) in [6.07, 6.45) is 5.74. The van der Waals surface area contributed by atoms with Gasteiger partial charge in [0.1, 0.15) is 0 Å². The summed E-state index contributed by atoms with van der Waals surface area (Å²) < 4.78 is 6.36. The molecule has 0 bridgehead atoms. The van der Waals surface area contributed by atoms with Crippen molar-refractivity contribution in [2.24, 2.45) is 0 Å². The van der Waals surface area contributed by atoms with Gasteiger partial charge in [0.15, 0.2) is 5.69 Å². The molecule has 1 aliphatic heterocycles. The molecule has 0 radical (unpaired) electrons. The first-order chi connectivity index (χ1) is 15.1. The summed E-state index contributed by atoms with van der Waals surface area (Å²) in [6.45, 7) is 5.77. The smallest absolute Gasteiger partial charge is 0.247 e. The average molecular weight is 436 g/mol. The van der Waals surface area contributed by atoms with Gasteiger partial charge in [-0.15, -0.1) is 10.2 Å². The van der Waals surface area contributed by atoms with E-state index < -0.39 is 6.23 Å². The number of benzene rings is 1. The topological polar surface area (TPSA) is 81.1 Å². The summed E-state index contributed by atoms with van der Waals surface area (Å²) in [5.74, 6) is 1.15. The predicted molar refractivity (Wildman–Crippen MR) is 121 cm³/mol. The maximum absolute atomic E-state index is 12.8. The Labute approximate surface area is 186 Å². The molecule has 4 rings (SSSR count). The van der Waals surface area contributed by atoms with Gasteiger partial charge in [-0.2, -0.15) is 4.98 Å². The molecule has 0 N–H and O–H groups in total. The van der Waals surface area contributed by atoms with E-state index in [4.69, 9.17) is 4.74 Å². The lowest BCUT2D eigenvalue weighted by Gasteiger charge is -2.29. The number of amides is 1. The number of rotatable bonds is 6. The summed E-state index contributed by atoms with van der Waals surface area (Å²) >= 11 is 1.56. The Morgan fingerprint density at radius 3 is 2.81 bits per heavy atom. The number of aryl methyl sites for hydroxylation is 1. The first-order valence-electron chi connectivity index (χ1n) is 10.5. The molecule has 160 valence electrons. The summed E-state index contributed by atoms with van der Waals surface area (Å²) in [6, 6.07) is 9.73. The first-order valence-corrected chi connectivity index (χ1v) is 11.5. The second-order valence-corrected chi connectivity index (χ2v) is 8.36. The zero-order valence-corrected chi connectivity index (χ0v) is 18.7. The molecule has 0 aliphatic carbocycles. The lowest BCUT2D eigenvalue weighted by atomic mass is 10.0. The van der Waals surface area contributed by atoms with Crippen LogP contribution in [0.4, 0.5) is 5.69 Å². The monoisotopic (exact) mass is 435 g/mol. The quantitative estimate of drug-likeness (QED) is 0.405. The number of ether oxygens (including phenoxy) is 1. The van der Waals surface area contributed by atoms with Gasteiger partial charge < -0.3 is 4.74 Å². The van der Waals surface area contributed by atoms with Crippen LogP contribution in [0.2, 0.25) is 0 Å². The third-order valence-corrected chi connectivity index (χ3v) is 6.04. The fraction of sp³-hybridized carbons (Fsp3) is 0.348. The minimum atomic E-state index is -0.705. The number of hydrogen-bond donors (Lipinski definition) is 0. The van der Waals surface area contributed by atoms with E-state index in [0.29, 0.717) is 16.7 Å². The Morgan fingerprint density at radius 1 is 1.23 bits per heavy atom. The van der Waals surface area contributed by atoms with Gasteiger partial charge in [-0.3, -0.25) is 14.7 Å². The molecule has 3 aromatic rings. The van der Waals surface area contributed by atoms with E-state index in [1.165, 1.54) is 6.92 Å². The molecule has 1 aromatic carbocycles. The fourth-order valence-corrected chi connectivity index (χ4v) is 4.34. The van der Waals surface area contributed by atoms with Gasteiger partial charge >= 0.3 is 0 Å². The number of hydrogen-bond acceptors (Lipinski definition) is 7. The lowest BCUT2D eigenvalue weighted by molar-refractivity contribution is -0.118. The highest BCUT2D eigenvalue weighted by molar-refractivity contribution is 7.99. The van der Waals surface area contributed by atoms with Crippen molar-refractivity contribution in [3.8, 4) is 17.1 Å². The molecule has 0 unspecified atom stereocenters. The second kappa shape index (κ2) is 9.43. The Morgan fingerprint density at radius 2 is 2.10 bits per heavy atom. The van der Waals surface area contributed by atoms with Gasteiger partial charge in [0.2, 0.25) is 23.2 Å². The van der Waals surface area contributed by atoms with Crippen LogP contribution in [0.15, 0.2) is 47.9 Å². The molecule has 0 saturated heterocycles. The minimum absolute atomic E-state index is 0.141. The SMILES string of the molecule is CCCCSc1nnc2c(n1)O[C@H](c1cccnc1)N(C(C)=O)c1ccc(CC)cc1-2. The van der Waals surface area contributed by atoms with E-state index in [0.717, 1.165) is 47.4 Å². The van der Waals surface area contributed by atoms with Crippen molar-refractivity contribution >= 4 is 23.4 Å². The van der Waals surface area contributed by atoms with Crippen LogP contribution in [-0.2, 0) is 11.2 Å². The zero-order valence-electron chi connectivity index (χ0n) is 17.9. The highest BCUT2D eigenvalue weighted by atomic mass is 32.2. The van der Waals surface area contributed by atoms with Crippen LogP contribution in [0, 0.1) is 0 Å². The Balaban J connectivity index is 1.88. The number of thioether (sulfide) groups is 1. The lowest BCUT2D eigenvalue weighted by Crippen LogP contribution is -2.36. The summed E-state index contributed by atoms with van der Waals surface area (Å²) in [7, 11) is 0. The van der Waals surface area contributed by atoms with Gasteiger partial charge in [0.25, 0.3) is 0 Å². The van der Waals surface area contributed by atoms with E-state index in [9.17, 15) is 4.79 Å². The van der Waals surface area contributed by atoms with E-state index >= 15 is 0 Å². The molecule has 8 heteroatoms. The van der Waals surface area contributed by atoms with Gasteiger partial charge in [0.05, 0.1) is 5.69 Å². The first kappa shape index (κ1) is 21.2. The minimum Gasteiger partial charge on any atom is -0.447 e. The summed E-state index contributed by atoms with van der Waals surface area (Å²) in [4.78, 5) is 23.3. The van der Waals surface area contributed by atoms with Gasteiger partial charge in [0, 0.05) is 36.2 Å². The third-order valence-electron chi connectivity index (χ3n) is 5.11. The third kappa shape index (κ3) is 4.39.